The summed E-state index contributed by atoms with van der Waals surface area (Å²) in [4.78, 5) is 33.4. The second kappa shape index (κ2) is 10.3. The van der Waals surface area contributed by atoms with Gasteiger partial charge in [0.25, 0.3) is 11.2 Å². The molecule has 6 nitrogen and oxygen atoms in total. The molecule has 0 saturated carbocycles. The predicted molar refractivity (Wildman–Crippen MR) is 138 cm³/mol. The van der Waals surface area contributed by atoms with Crippen molar-refractivity contribution in [3.05, 3.63) is 91.1 Å². The number of nitro benzene ring substituents is 1. The number of thioether (sulfide) groups is 2. The van der Waals surface area contributed by atoms with Crippen LogP contribution in [0.3, 0.4) is 0 Å². The Kier molecular flexibility index (Phi) is 7.43. The summed E-state index contributed by atoms with van der Waals surface area (Å²) in [6, 6.07) is 16.2. The number of hydrogen-bond acceptors (Lipinski definition) is 7. The average Bonchev–Trinajstić information content (AvgIpc) is 3.10. The van der Waals surface area contributed by atoms with Crippen molar-refractivity contribution < 1.29 is 4.92 Å². The van der Waals surface area contributed by atoms with E-state index in [4.69, 9.17) is 11.6 Å². The fourth-order valence-electron chi connectivity index (χ4n) is 3.32. The maximum atomic E-state index is 12.6. The zero-order chi connectivity index (χ0) is 23.5. The van der Waals surface area contributed by atoms with Crippen molar-refractivity contribution in [1.29, 1.82) is 0 Å². The molecule has 1 N–H and O–H groups in total. The van der Waals surface area contributed by atoms with Gasteiger partial charge in [0.05, 0.1) is 15.7 Å². The SMILES string of the molecule is Cc1sc2nc(SCC(Sc3ccc([N+](=O)[O-])cc3)C(Cl)c3ccccc3)[nH]c(=O)c2c1C. The smallest absolute Gasteiger partial charge is 0.269 e. The van der Waals surface area contributed by atoms with Gasteiger partial charge in [-0.3, -0.25) is 14.9 Å². The van der Waals surface area contributed by atoms with Crippen LogP contribution in [0.15, 0.2) is 69.4 Å². The lowest BCUT2D eigenvalue weighted by Gasteiger charge is -2.22. The fraction of sp³-hybridized carbons (Fsp3) is 0.217. The van der Waals surface area contributed by atoms with Gasteiger partial charge in [-0.2, -0.15) is 0 Å². The molecule has 0 aliphatic carbocycles. The minimum absolute atomic E-state index is 0.0485. The van der Waals surface area contributed by atoms with Crippen LogP contribution in [0.5, 0.6) is 0 Å². The lowest BCUT2D eigenvalue weighted by atomic mass is 10.1. The third-order valence-electron chi connectivity index (χ3n) is 5.18. The number of halogens is 1. The standard InChI is InChI=1S/C23H20ClN3O3S3/c1-13-14(2)32-22-19(13)21(28)25-23(26-22)31-12-18(20(24)15-6-4-3-5-7-15)33-17-10-8-16(9-11-17)27(29)30/h3-11,18,20H,12H2,1-2H3,(H,25,26,28). The Morgan fingerprint density at radius 2 is 1.85 bits per heavy atom. The Bertz CT molecular complexity index is 1340. The molecule has 2 aromatic carbocycles. The van der Waals surface area contributed by atoms with Crippen LogP contribution in [-0.2, 0) is 0 Å². The second-order valence-electron chi connectivity index (χ2n) is 7.37. The number of benzene rings is 2. The molecular weight excluding hydrogens is 498 g/mol. The van der Waals surface area contributed by atoms with Crippen LogP contribution in [0.2, 0.25) is 0 Å². The van der Waals surface area contributed by atoms with Crippen LogP contribution in [0.25, 0.3) is 10.2 Å². The molecule has 2 atom stereocenters. The van der Waals surface area contributed by atoms with Gasteiger partial charge in [-0.15, -0.1) is 34.7 Å². The number of aromatic amines is 1. The van der Waals surface area contributed by atoms with Gasteiger partial charge in [-0.05, 0) is 37.1 Å². The van der Waals surface area contributed by atoms with Crippen LogP contribution in [0.4, 0.5) is 5.69 Å². The van der Waals surface area contributed by atoms with E-state index in [0.29, 0.717) is 16.3 Å². The summed E-state index contributed by atoms with van der Waals surface area (Å²) in [5, 5.41) is 11.8. The molecule has 0 radical (unpaired) electrons. The second-order valence-corrected chi connectivity index (χ2v) is 11.4. The fourth-order valence-corrected chi connectivity index (χ4v) is 7.13. The number of fused-ring (bicyclic) bond motifs is 1. The van der Waals surface area contributed by atoms with E-state index in [1.165, 1.54) is 35.2 Å². The summed E-state index contributed by atoms with van der Waals surface area (Å²) < 4.78 is 0. The average molecular weight is 518 g/mol. The summed E-state index contributed by atoms with van der Waals surface area (Å²) in [5.41, 5.74) is 1.87. The van der Waals surface area contributed by atoms with Crippen molar-refractivity contribution in [3.63, 3.8) is 0 Å². The van der Waals surface area contributed by atoms with E-state index in [-0.39, 0.29) is 21.9 Å². The molecule has 33 heavy (non-hydrogen) atoms. The topological polar surface area (TPSA) is 88.9 Å². The van der Waals surface area contributed by atoms with E-state index >= 15 is 0 Å². The van der Waals surface area contributed by atoms with Gasteiger partial charge >= 0.3 is 0 Å². The molecule has 2 heterocycles. The van der Waals surface area contributed by atoms with Gasteiger partial charge in [0.15, 0.2) is 5.16 Å². The van der Waals surface area contributed by atoms with Crippen molar-refractivity contribution in [2.24, 2.45) is 0 Å². The minimum atomic E-state index is -0.414. The summed E-state index contributed by atoms with van der Waals surface area (Å²) in [6.07, 6.45) is 0. The quantitative estimate of drug-likeness (QED) is 0.0914. The Labute approximate surface area is 207 Å². The van der Waals surface area contributed by atoms with E-state index in [0.717, 1.165) is 25.7 Å². The molecule has 2 aromatic heterocycles. The summed E-state index contributed by atoms with van der Waals surface area (Å²) in [5.74, 6) is 0.586. The van der Waals surface area contributed by atoms with Crippen LogP contribution in [0.1, 0.15) is 21.4 Å². The Morgan fingerprint density at radius 3 is 2.52 bits per heavy atom. The molecule has 2 unspecified atom stereocenters. The van der Waals surface area contributed by atoms with Crippen LogP contribution < -0.4 is 5.56 Å². The first kappa shape index (κ1) is 23.8. The number of aryl methyl sites for hydroxylation is 2. The van der Waals surface area contributed by atoms with E-state index < -0.39 is 4.92 Å². The summed E-state index contributed by atoms with van der Waals surface area (Å²) in [6.45, 7) is 3.93. The number of aromatic nitrogens is 2. The van der Waals surface area contributed by atoms with Crippen molar-refractivity contribution in [2.45, 2.75) is 34.5 Å². The van der Waals surface area contributed by atoms with E-state index in [1.54, 1.807) is 23.9 Å². The first-order valence-electron chi connectivity index (χ1n) is 10.1. The first-order valence-corrected chi connectivity index (χ1v) is 13.2. The Balaban J connectivity index is 1.58. The third-order valence-corrected chi connectivity index (χ3v) is 9.48. The molecule has 0 amide bonds. The van der Waals surface area contributed by atoms with Gasteiger partial charge < -0.3 is 4.98 Å². The highest BCUT2D eigenvalue weighted by atomic mass is 35.5. The lowest BCUT2D eigenvalue weighted by Crippen LogP contribution is -2.15. The van der Waals surface area contributed by atoms with Crippen LogP contribution in [0, 0.1) is 24.0 Å². The molecule has 10 heteroatoms. The highest BCUT2D eigenvalue weighted by molar-refractivity contribution is 8.03. The van der Waals surface area contributed by atoms with Crippen LogP contribution in [-0.4, -0.2) is 25.9 Å². The highest BCUT2D eigenvalue weighted by Crippen LogP contribution is 2.39. The number of thiophene rings is 1. The van der Waals surface area contributed by atoms with Crippen molar-refractivity contribution >= 4 is 62.4 Å². The predicted octanol–water partition coefficient (Wildman–Crippen LogP) is 6.74. The highest BCUT2D eigenvalue weighted by Gasteiger charge is 2.24. The van der Waals surface area contributed by atoms with E-state index in [9.17, 15) is 14.9 Å². The van der Waals surface area contributed by atoms with Gasteiger partial charge in [0.1, 0.15) is 4.83 Å². The van der Waals surface area contributed by atoms with Crippen LogP contribution >= 0.6 is 46.5 Å². The summed E-state index contributed by atoms with van der Waals surface area (Å²) in [7, 11) is 0. The zero-order valence-electron chi connectivity index (χ0n) is 17.8. The van der Waals surface area contributed by atoms with Gasteiger partial charge in [-0.25, -0.2) is 4.98 Å². The van der Waals surface area contributed by atoms with E-state index in [1.807, 2.05) is 44.2 Å². The van der Waals surface area contributed by atoms with Crippen molar-refractivity contribution in [1.82, 2.24) is 9.97 Å². The monoisotopic (exact) mass is 517 g/mol. The number of rotatable bonds is 8. The maximum absolute atomic E-state index is 12.6. The molecule has 4 rings (SSSR count). The van der Waals surface area contributed by atoms with Gasteiger partial charge in [0, 0.05) is 32.9 Å². The zero-order valence-corrected chi connectivity index (χ0v) is 21.0. The molecule has 4 aromatic rings. The number of alkyl halides is 1. The molecule has 0 spiro atoms. The maximum Gasteiger partial charge on any atom is 0.269 e. The molecule has 0 fully saturated rings. The molecular formula is C23H20ClN3O3S3. The van der Waals surface area contributed by atoms with Gasteiger partial charge in [0.2, 0.25) is 0 Å². The molecule has 0 aliphatic heterocycles. The Morgan fingerprint density at radius 1 is 1.15 bits per heavy atom. The molecule has 0 bridgehead atoms. The molecule has 0 saturated heterocycles. The normalized spacial score (nSPS) is 13.2. The number of nitrogens with zero attached hydrogens (tertiary/aromatic N) is 2. The third kappa shape index (κ3) is 5.43. The number of nitro groups is 1. The first-order chi connectivity index (χ1) is 15.8. The number of H-pyrrole nitrogens is 1. The summed E-state index contributed by atoms with van der Waals surface area (Å²) >= 11 is 11.4. The van der Waals surface area contributed by atoms with Crippen molar-refractivity contribution in [2.75, 3.05) is 5.75 Å². The van der Waals surface area contributed by atoms with Crippen molar-refractivity contribution in [3.8, 4) is 0 Å². The largest absolute Gasteiger partial charge is 0.301 e. The lowest BCUT2D eigenvalue weighted by molar-refractivity contribution is -0.384. The minimum Gasteiger partial charge on any atom is -0.301 e. The number of non-ortho nitro benzene ring substituents is 1. The molecule has 170 valence electrons. The number of hydrogen-bond donors (Lipinski definition) is 1. The Hall–Kier alpha value is -2.33. The number of nitrogens with one attached hydrogen (secondary N) is 1. The van der Waals surface area contributed by atoms with E-state index in [2.05, 4.69) is 9.97 Å². The van der Waals surface area contributed by atoms with Gasteiger partial charge in [-0.1, -0.05) is 42.1 Å². The molecule has 0 aliphatic rings.